The molecule has 2 aromatic carbocycles. The lowest BCUT2D eigenvalue weighted by molar-refractivity contribution is -0.400. The van der Waals surface area contributed by atoms with E-state index in [4.69, 9.17) is 16.3 Å². The van der Waals surface area contributed by atoms with E-state index in [2.05, 4.69) is 15.6 Å². The van der Waals surface area contributed by atoms with Crippen LogP contribution in [0.15, 0.2) is 48.5 Å². The molecule has 1 unspecified atom stereocenters. The van der Waals surface area contributed by atoms with E-state index in [9.17, 15) is 19.5 Å². The number of carbonyl (C=O) groups excluding carboxylic acids is 3. The molecule has 1 aromatic heterocycles. The largest absolute Gasteiger partial charge is 0.499 e. The Morgan fingerprint density at radius 1 is 1.15 bits per heavy atom. The van der Waals surface area contributed by atoms with Gasteiger partial charge in [-0.25, -0.2) is 14.4 Å². The molecule has 3 aromatic rings. The quantitative estimate of drug-likeness (QED) is 0.261. The van der Waals surface area contributed by atoms with Gasteiger partial charge < -0.3 is 20.5 Å². The summed E-state index contributed by atoms with van der Waals surface area (Å²) in [7, 11) is 4.40. The van der Waals surface area contributed by atoms with Crippen LogP contribution in [0.2, 0.25) is 5.02 Å². The molecule has 0 radical (unpaired) electrons. The molecule has 1 aliphatic heterocycles. The third-order valence-electron chi connectivity index (χ3n) is 6.88. The van der Waals surface area contributed by atoms with E-state index in [1.165, 1.54) is 24.9 Å². The molecule has 0 bridgehead atoms. The highest BCUT2D eigenvalue weighted by Crippen LogP contribution is 2.39. The van der Waals surface area contributed by atoms with E-state index in [0.717, 1.165) is 27.2 Å². The number of rotatable bonds is 9. The second kappa shape index (κ2) is 12.6. The van der Waals surface area contributed by atoms with E-state index in [-0.39, 0.29) is 0 Å². The summed E-state index contributed by atoms with van der Waals surface area (Å²) < 4.78 is 6.74. The minimum Gasteiger partial charge on any atom is -0.481 e. The van der Waals surface area contributed by atoms with Gasteiger partial charge in [-0.3, -0.25) is 4.79 Å². The van der Waals surface area contributed by atoms with Crippen molar-refractivity contribution in [3.05, 3.63) is 64.7 Å². The van der Waals surface area contributed by atoms with Gasteiger partial charge in [-0.2, -0.15) is 9.69 Å². The second-order valence-corrected chi connectivity index (χ2v) is 10.3. The lowest BCUT2D eigenvalue weighted by Crippen LogP contribution is -2.51. The smallest absolute Gasteiger partial charge is 0.481 e. The van der Waals surface area contributed by atoms with E-state index in [1.807, 2.05) is 43.3 Å². The van der Waals surface area contributed by atoms with Gasteiger partial charge in [0.1, 0.15) is 0 Å². The zero-order valence-electron chi connectivity index (χ0n) is 23.6. The van der Waals surface area contributed by atoms with E-state index >= 15 is 0 Å². The first kappa shape index (κ1) is 29.9. The minimum atomic E-state index is -1.14. The van der Waals surface area contributed by atoms with E-state index in [1.54, 1.807) is 26.2 Å². The maximum absolute atomic E-state index is 13.1. The van der Waals surface area contributed by atoms with Crippen LogP contribution in [0.5, 0.6) is 5.88 Å². The molecular formula is C30H33ClN5O5+. The number of pyridine rings is 1. The van der Waals surface area contributed by atoms with Crippen molar-refractivity contribution >= 4 is 41.3 Å². The van der Waals surface area contributed by atoms with Crippen LogP contribution in [0.25, 0.3) is 22.4 Å². The van der Waals surface area contributed by atoms with Gasteiger partial charge in [0.25, 0.3) is 0 Å². The first-order valence-electron chi connectivity index (χ1n) is 13.0. The predicted octanol–water partition coefficient (Wildman–Crippen LogP) is 3.72. The van der Waals surface area contributed by atoms with Crippen LogP contribution in [0.4, 0.5) is 10.5 Å². The number of hydrogen-bond acceptors (Lipinski definition) is 7. The molecule has 2 heterocycles. The Balaban J connectivity index is 1.63. The topological polar surface area (TPSA) is 124 Å². The average molecular weight is 579 g/mol. The molecule has 0 saturated carbocycles. The summed E-state index contributed by atoms with van der Waals surface area (Å²) in [5.74, 6) is -1.82. The van der Waals surface area contributed by atoms with Gasteiger partial charge in [-0.1, -0.05) is 48.0 Å². The molecule has 1 aliphatic rings. The van der Waals surface area contributed by atoms with Crippen LogP contribution >= 0.6 is 11.6 Å². The summed E-state index contributed by atoms with van der Waals surface area (Å²) >= 11 is 6.95. The van der Waals surface area contributed by atoms with E-state index < -0.39 is 29.9 Å². The maximum atomic E-state index is 13.1. The number of methoxy groups -OCH3 is 1. The number of aliphatic hydroxyl groups is 1. The number of urea groups is 1. The number of carbonyl (C=O) groups is 3. The van der Waals surface area contributed by atoms with Gasteiger partial charge in [0.05, 0.1) is 44.2 Å². The number of aliphatic hydroxyl groups excluding tert-OH is 1. The number of ether oxygens (including phenoxy) is 1. The van der Waals surface area contributed by atoms with Crippen molar-refractivity contribution in [1.29, 1.82) is 0 Å². The van der Waals surface area contributed by atoms with Gasteiger partial charge in [-0.05, 0) is 37.1 Å². The molecule has 41 heavy (non-hydrogen) atoms. The van der Waals surface area contributed by atoms with E-state index in [0.29, 0.717) is 40.9 Å². The summed E-state index contributed by atoms with van der Waals surface area (Å²) in [5.41, 5.74) is 4.99. The lowest BCUT2D eigenvalue weighted by atomic mass is 9.96. The monoisotopic (exact) mass is 578 g/mol. The molecule has 0 spiro atoms. The molecule has 4 rings (SSSR count). The van der Waals surface area contributed by atoms with Crippen LogP contribution in [0, 0.1) is 12.8 Å². The van der Waals surface area contributed by atoms with Gasteiger partial charge in [0, 0.05) is 35.5 Å². The first-order chi connectivity index (χ1) is 19.5. The van der Waals surface area contributed by atoms with Crippen molar-refractivity contribution in [2.75, 3.05) is 33.1 Å². The summed E-state index contributed by atoms with van der Waals surface area (Å²) in [6.45, 7) is 4.50. The maximum Gasteiger partial charge on any atom is 0.499 e. The SMILES string of the molecule is COc1nc(-c2cccc(-c3cccc(NC(=O)C4C=[N+](C)C(=O)N(C)C4=O)c3C)c2Cl)ccc1CNC[C@H](C)O. The Hall–Kier alpha value is -4.12. The number of amides is 4. The molecule has 0 fully saturated rings. The highest BCUT2D eigenvalue weighted by Gasteiger charge is 2.43. The highest BCUT2D eigenvalue weighted by atomic mass is 35.5. The number of anilines is 1. The Morgan fingerprint density at radius 3 is 2.54 bits per heavy atom. The normalized spacial score (nSPS) is 15.9. The highest BCUT2D eigenvalue weighted by molar-refractivity contribution is 6.36. The fraction of sp³-hybridized carbons (Fsp3) is 0.300. The Kier molecular flexibility index (Phi) is 9.17. The van der Waals surface area contributed by atoms with Crippen molar-refractivity contribution in [1.82, 2.24) is 15.2 Å². The second-order valence-electron chi connectivity index (χ2n) is 9.90. The van der Waals surface area contributed by atoms with Crippen LogP contribution in [-0.4, -0.2) is 77.5 Å². The van der Waals surface area contributed by atoms with Crippen molar-refractivity contribution in [2.24, 2.45) is 5.92 Å². The fourth-order valence-corrected chi connectivity index (χ4v) is 4.95. The lowest BCUT2D eigenvalue weighted by Gasteiger charge is -2.20. The summed E-state index contributed by atoms with van der Waals surface area (Å²) in [6, 6.07) is 14.4. The third kappa shape index (κ3) is 6.30. The van der Waals surface area contributed by atoms with Gasteiger partial charge in [0.2, 0.25) is 11.8 Å². The zero-order valence-corrected chi connectivity index (χ0v) is 24.3. The number of imide groups is 1. The first-order valence-corrected chi connectivity index (χ1v) is 13.4. The molecule has 10 nitrogen and oxygen atoms in total. The van der Waals surface area contributed by atoms with Crippen LogP contribution in [-0.2, 0) is 16.1 Å². The van der Waals surface area contributed by atoms with Crippen molar-refractivity contribution in [2.45, 2.75) is 26.5 Å². The van der Waals surface area contributed by atoms with Crippen molar-refractivity contribution < 1.29 is 28.8 Å². The standard InChI is InChI=1S/C30H32ClN5O5/c1-17(37)14-32-15-19-12-13-25(34-28(19)41-5)22-10-6-9-21(26(22)31)20-8-7-11-24(18(20)2)33-27(38)23-16-35(3)30(40)36(4)29(23)39/h6-13,16-17,23,32,37H,14-15H2,1-5H3/p+1/t17-,23?/m0/s1. The summed E-state index contributed by atoms with van der Waals surface area (Å²) in [5, 5.41) is 16.0. The average Bonchev–Trinajstić information content (AvgIpc) is 2.95. The fourth-order valence-electron chi connectivity index (χ4n) is 4.63. The molecular weight excluding hydrogens is 546 g/mol. The Morgan fingerprint density at radius 2 is 1.83 bits per heavy atom. The van der Waals surface area contributed by atoms with Crippen molar-refractivity contribution in [3.8, 4) is 28.3 Å². The van der Waals surface area contributed by atoms with Crippen LogP contribution in [0.1, 0.15) is 18.1 Å². The molecule has 0 saturated heterocycles. The van der Waals surface area contributed by atoms with Crippen LogP contribution < -0.4 is 15.4 Å². The minimum absolute atomic E-state index is 0.445. The summed E-state index contributed by atoms with van der Waals surface area (Å²) in [6.07, 6.45) is 0.849. The van der Waals surface area contributed by atoms with Gasteiger partial charge in [-0.15, -0.1) is 0 Å². The zero-order chi connectivity index (χ0) is 29.8. The molecule has 4 amide bonds. The molecule has 11 heteroatoms. The number of nitrogens with zero attached hydrogens (tertiary/aromatic N) is 3. The number of nitrogens with one attached hydrogen (secondary N) is 2. The molecule has 0 aliphatic carbocycles. The van der Waals surface area contributed by atoms with Crippen LogP contribution in [0.3, 0.4) is 0 Å². The Labute approximate surface area is 243 Å². The van der Waals surface area contributed by atoms with Crippen molar-refractivity contribution in [3.63, 3.8) is 0 Å². The Bertz CT molecular complexity index is 1540. The number of aromatic nitrogens is 1. The molecule has 214 valence electrons. The van der Waals surface area contributed by atoms with Gasteiger partial charge in [0.15, 0.2) is 5.92 Å². The summed E-state index contributed by atoms with van der Waals surface area (Å²) in [4.78, 5) is 43.3. The molecule has 2 atom stereocenters. The van der Waals surface area contributed by atoms with Gasteiger partial charge >= 0.3 is 11.9 Å². The number of halogens is 1. The number of hydrogen-bond donors (Lipinski definition) is 3. The molecule has 3 N–H and O–H groups in total. The predicted molar refractivity (Wildman–Crippen MR) is 157 cm³/mol. The third-order valence-corrected chi connectivity index (χ3v) is 7.29. The number of benzene rings is 2.